The van der Waals surface area contributed by atoms with E-state index in [0.717, 1.165) is 97.2 Å². The van der Waals surface area contributed by atoms with Gasteiger partial charge in [0.2, 0.25) is 0 Å². The fraction of sp³-hybridized carbons (Fsp3) is 0.364. The number of halogens is 1. The topological polar surface area (TPSA) is 87.9 Å². The number of carboxylic acids is 1. The highest BCUT2D eigenvalue weighted by Crippen LogP contribution is 2.21. The van der Waals surface area contributed by atoms with E-state index in [0.29, 0.717) is 11.1 Å². The second-order valence-corrected chi connectivity index (χ2v) is 11.2. The van der Waals surface area contributed by atoms with Crippen LogP contribution in [-0.4, -0.2) is 83.2 Å². The van der Waals surface area contributed by atoms with E-state index in [1.165, 1.54) is 6.42 Å². The number of aromatic carboxylic acids is 1. The molecule has 0 saturated carbocycles. The first-order valence-corrected chi connectivity index (χ1v) is 14.6. The van der Waals surface area contributed by atoms with Crippen LogP contribution in [-0.2, 0) is 24.8 Å². The van der Waals surface area contributed by atoms with Crippen molar-refractivity contribution in [1.82, 2.24) is 19.4 Å². The summed E-state index contributed by atoms with van der Waals surface area (Å²) in [4.78, 5) is 31.1. The third-order valence-corrected chi connectivity index (χ3v) is 7.80. The number of ether oxygens (including phenoxy) is 1. The number of aryl methyl sites for hydroxylation is 2. The highest BCUT2D eigenvalue weighted by atomic mass is 35.5. The monoisotopic (exact) mass is 590 g/mol. The molecule has 0 atom stereocenters. The molecule has 2 fully saturated rings. The molecule has 6 rings (SSSR count). The van der Waals surface area contributed by atoms with Crippen molar-refractivity contribution in [3.8, 4) is 0 Å². The van der Waals surface area contributed by atoms with E-state index in [9.17, 15) is 9.59 Å². The van der Waals surface area contributed by atoms with E-state index >= 15 is 0 Å². The molecule has 0 radical (unpaired) electrons. The Morgan fingerprint density at radius 3 is 2.36 bits per heavy atom. The van der Waals surface area contributed by atoms with E-state index in [4.69, 9.17) is 21.4 Å². The molecule has 9 heteroatoms. The van der Waals surface area contributed by atoms with Crippen molar-refractivity contribution in [2.45, 2.75) is 26.3 Å². The number of nitrogens with zero attached hydrogens (tertiary/aromatic N) is 4. The molecule has 42 heavy (non-hydrogen) atoms. The van der Waals surface area contributed by atoms with Gasteiger partial charge >= 0.3 is 5.97 Å². The molecule has 0 amide bonds. The number of aromatic nitrogens is 2. The maximum absolute atomic E-state index is 11.1. The number of benzene rings is 3. The largest absolute Gasteiger partial charge is 0.478 e. The van der Waals surface area contributed by atoms with Crippen LogP contribution in [0.25, 0.3) is 11.0 Å². The van der Waals surface area contributed by atoms with Gasteiger partial charge in [-0.25, -0.2) is 9.78 Å². The second-order valence-electron chi connectivity index (χ2n) is 10.8. The number of rotatable bonds is 6. The van der Waals surface area contributed by atoms with Gasteiger partial charge in [0.05, 0.1) is 23.1 Å². The fourth-order valence-corrected chi connectivity index (χ4v) is 4.96. The summed E-state index contributed by atoms with van der Waals surface area (Å²) in [7, 11) is 4.09. The molecular weight excluding hydrogens is 552 g/mol. The Bertz CT molecular complexity index is 1500. The number of carbonyl (C=O) groups is 2. The van der Waals surface area contributed by atoms with Gasteiger partial charge in [-0.1, -0.05) is 41.9 Å². The Labute approximate surface area is 252 Å². The van der Waals surface area contributed by atoms with Crippen LogP contribution in [0.4, 0.5) is 0 Å². The Balaban J connectivity index is 0.000000173. The summed E-state index contributed by atoms with van der Waals surface area (Å²) < 4.78 is 6.72. The molecule has 2 saturated heterocycles. The van der Waals surface area contributed by atoms with Gasteiger partial charge in [-0.2, -0.15) is 0 Å². The third kappa shape index (κ3) is 8.72. The van der Waals surface area contributed by atoms with Crippen molar-refractivity contribution in [1.29, 1.82) is 0 Å². The Hall–Kier alpha value is -3.56. The number of aldehydes is 1. The zero-order valence-corrected chi connectivity index (χ0v) is 25.3. The first-order valence-electron chi connectivity index (χ1n) is 14.2. The zero-order chi connectivity index (χ0) is 30.1. The molecule has 222 valence electrons. The maximum atomic E-state index is 11.1. The average Bonchev–Trinajstić information content (AvgIpc) is 3.25. The minimum Gasteiger partial charge on any atom is -0.478 e. The summed E-state index contributed by atoms with van der Waals surface area (Å²) in [5, 5.41) is 9.86. The van der Waals surface area contributed by atoms with Crippen molar-refractivity contribution in [3.63, 3.8) is 0 Å². The van der Waals surface area contributed by atoms with Crippen LogP contribution in [0.2, 0.25) is 5.02 Å². The molecule has 0 aliphatic carbocycles. The fourth-order valence-electron chi connectivity index (χ4n) is 4.66. The SMILES string of the molecule is C1COC1.CN1CCN(Cc2nc3ccc(C(=O)O)cc3n2C)CC1.Cc1ccc(Cc2cccc(C=O)c2)c(Cl)c1. The summed E-state index contributed by atoms with van der Waals surface area (Å²) >= 11 is 6.18. The molecule has 2 aliphatic rings. The molecule has 1 N–H and O–H groups in total. The smallest absolute Gasteiger partial charge is 0.335 e. The van der Waals surface area contributed by atoms with Crippen LogP contribution in [0, 0.1) is 6.92 Å². The van der Waals surface area contributed by atoms with Gasteiger partial charge < -0.3 is 19.3 Å². The van der Waals surface area contributed by atoms with Gasteiger partial charge in [0.25, 0.3) is 0 Å². The normalized spacial score (nSPS) is 15.1. The van der Waals surface area contributed by atoms with Crippen molar-refractivity contribution in [2.24, 2.45) is 7.05 Å². The number of hydrogen-bond acceptors (Lipinski definition) is 6. The van der Waals surface area contributed by atoms with Crippen molar-refractivity contribution in [2.75, 3.05) is 46.4 Å². The van der Waals surface area contributed by atoms with Gasteiger partial charge in [0.1, 0.15) is 12.1 Å². The quantitative estimate of drug-likeness (QED) is 0.298. The van der Waals surface area contributed by atoms with Crippen LogP contribution >= 0.6 is 11.6 Å². The molecule has 8 nitrogen and oxygen atoms in total. The summed E-state index contributed by atoms with van der Waals surface area (Å²) in [5.74, 6) is 0.0795. The van der Waals surface area contributed by atoms with Crippen molar-refractivity contribution in [3.05, 3.63) is 99.3 Å². The minimum atomic E-state index is -0.904. The molecule has 0 bridgehead atoms. The van der Waals surface area contributed by atoms with Crippen molar-refractivity contribution >= 4 is 34.9 Å². The number of carbonyl (C=O) groups excluding carboxylic acids is 1. The standard InChI is InChI=1S/C15H13ClO.C15H20N4O2.C3H6O/c1-11-5-6-14(15(16)7-11)9-12-3-2-4-13(8-12)10-17;1-17-5-7-19(8-6-17)10-14-16-12-4-3-11(15(20)21)9-13(12)18(14)2;1-2-4-3-1/h2-8,10H,9H2,1H3;3-4,9H,5-8,10H2,1-2H3,(H,20,21);1-3H2. The lowest BCUT2D eigenvalue weighted by atomic mass is 10.0. The first-order chi connectivity index (χ1) is 20.2. The Morgan fingerprint density at radius 1 is 1.02 bits per heavy atom. The number of likely N-dealkylation sites (N-methyl/N-ethyl adjacent to an activating group) is 1. The van der Waals surface area contributed by atoms with Gasteiger partial charge in [-0.15, -0.1) is 0 Å². The first kappa shape index (κ1) is 31.4. The minimum absolute atomic E-state index is 0.302. The van der Waals surface area contributed by atoms with E-state index in [1.54, 1.807) is 24.3 Å². The van der Waals surface area contributed by atoms with Gasteiger partial charge in [0.15, 0.2) is 0 Å². The lowest BCUT2D eigenvalue weighted by Crippen LogP contribution is -2.44. The Morgan fingerprint density at radius 2 is 1.74 bits per heavy atom. The molecule has 0 unspecified atom stereocenters. The van der Waals surface area contributed by atoms with Gasteiger partial charge in [-0.3, -0.25) is 9.69 Å². The maximum Gasteiger partial charge on any atom is 0.335 e. The second kappa shape index (κ2) is 15.1. The number of carboxylic acid groups (broad SMARTS) is 1. The molecule has 2 aliphatic heterocycles. The number of fused-ring (bicyclic) bond motifs is 1. The van der Waals surface area contributed by atoms with E-state index in [-0.39, 0.29) is 0 Å². The third-order valence-electron chi connectivity index (χ3n) is 7.45. The average molecular weight is 591 g/mol. The van der Waals surface area contributed by atoms with Crippen LogP contribution in [0.15, 0.2) is 60.7 Å². The predicted molar refractivity (Wildman–Crippen MR) is 167 cm³/mol. The lowest BCUT2D eigenvalue weighted by molar-refractivity contribution is 0.0367. The Kier molecular flexibility index (Phi) is 11.3. The molecule has 0 spiro atoms. The number of imidazole rings is 1. The highest BCUT2D eigenvalue weighted by Gasteiger charge is 2.17. The van der Waals surface area contributed by atoms with E-state index in [1.807, 2.05) is 54.9 Å². The summed E-state index contributed by atoms with van der Waals surface area (Å²) in [5.41, 5.74) is 6.06. The van der Waals surface area contributed by atoms with Crippen LogP contribution < -0.4 is 0 Å². The molecular formula is C33H39ClN4O4. The zero-order valence-electron chi connectivity index (χ0n) is 24.6. The molecule has 4 aromatic rings. The van der Waals surface area contributed by atoms with E-state index < -0.39 is 5.97 Å². The molecule has 3 aromatic carbocycles. The van der Waals surface area contributed by atoms with Crippen molar-refractivity contribution < 1.29 is 19.4 Å². The number of piperazine rings is 1. The predicted octanol–water partition coefficient (Wildman–Crippen LogP) is 5.48. The summed E-state index contributed by atoms with van der Waals surface area (Å²) in [6, 6.07) is 18.7. The van der Waals surface area contributed by atoms with Crippen LogP contribution in [0.1, 0.15) is 49.7 Å². The van der Waals surface area contributed by atoms with Gasteiger partial charge in [-0.05, 0) is 73.8 Å². The highest BCUT2D eigenvalue weighted by molar-refractivity contribution is 6.31. The van der Waals surface area contributed by atoms with E-state index in [2.05, 4.69) is 21.8 Å². The summed E-state index contributed by atoms with van der Waals surface area (Å²) in [6.45, 7) is 9.06. The molecule has 3 heterocycles. The lowest BCUT2D eigenvalue weighted by Gasteiger charge is -2.31. The van der Waals surface area contributed by atoms with Crippen LogP contribution in [0.3, 0.4) is 0 Å². The molecule has 1 aromatic heterocycles. The summed E-state index contributed by atoms with van der Waals surface area (Å²) in [6.07, 6.45) is 2.89. The van der Waals surface area contributed by atoms with Crippen LogP contribution in [0.5, 0.6) is 0 Å². The number of hydrogen-bond donors (Lipinski definition) is 1. The van der Waals surface area contributed by atoms with Gasteiger partial charge in [0, 0.05) is 57.0 Å².